The Morgan fingerprint density at radius 1 is 1.17 bits per heavy atom. The summed E-state index contributed by atoms with van der Waals surface area (Å²) in [6.45, 7) is 2.17. The van der Waals surface area contributed by atoms with Crippen LogP contribution in [0, 0.1) is 0 Å². The maximum absolute atomic E-state index is 10.9. The van der Waals surface area contributed by atoms with Crippen LogP contribution in [0.2, 0.25) is 0 Å². The van der Waals surface area contributed by atoms with Gasteiger partial charge in [0.1, 0.15) is 5.60 Å². The summed E-state index contributed by atoms with van der Waals surface area (Å²) in [4.78, 5) is 3.48. The third kappa shape index (κ3) is 1.76. The number of rotatable bonds is 2. The molecule has 0 radical (unpaired) electrons. The zero-order valence-corrected chi connectivity index (χ0v) is 11.0. The first-order valence-corrected chi connectivity index (χ1v) is 7.07. The van der Waals surface area contributed by atoms with E-state index < -0.39 is 5.60 Å². The fourth-order valence-electron chi connectivity index (χ4n) is 3.35. The summed E-state index contributed by atoms with van der Waals surface area (Å²) in [6.07, 6.45) is 6.29. The fourth-order valence-corrected chi connectivity index (χ4v) is 3.35. The number of aliphatic hydroxyl groups is 1. The SMILES string of the molecule is CCc1c(C2(O)CCCCC2)[nH]c2ccccc12. The van der Waals surface area contributed by atoms with Crippen molar-refractivity contribution in [3.05, 3.63) is 35.5 Å². The predicted molar refractivity (Wildman–Crippen MR) is 74.7 cm³/mol. The Hall–Kier alpha value is -1.28. The molecule has 1 aromatic carbocycles. The van der Waals surface area contributed by atoms with Gasteiger partial charge in [0.2, 0.25) is 0 Å². The number of benzene rings is 1. The highest BCUT2D eigenvalue weighted by molar-refractivity contribution is 5.85. The van der Waals surface area contributed by atoms with Crippen LogP contribution in [0.25, 0.3) is 10.9 Å². The van der Waals surface area contributed by atoms with E-state index in [0.29, 0.717) is 0 Å². The molecule has 0 bridgehead atoms. The number of hydrogen-bond acceptors (Lipinski definition) is 1. The van der Waals surface area contributed by atoms with Crippen molar-refractivity contribution < 1.29 is 5.11 Å². The second-order valence-electron chi connectivity index (χ2n) is 5.47. The third-order valence-corrected chi connectivity index (χ3v) is 4.31. The van der Waals surface area contributed by atoms with E-state index in [1.807, 2.05) is 6.07 Å². The van der Waals surface area contributed by atoms with Crippen molar-refractivity contribution in [2.75, 3.05) is 0 Å². The van der Waals surface area contributed by atoms with Crippen molar-refractivity contribution >= 4 is 10.9 Å². The minimum Gasteiger partial charge on any atom is -0.384 e. The molecule has 2 aromatic rings. The molecule has 2 N–H and O–H groups in total. The van der Waals surface area contributed by atoms with E-state index in [1.165, 1.54) is 17.4 Å². The molecule has 1 aliphatic rings. The molecular formula is C16H21NO. The first-order chi connectivity index (χ1) is 8.74. The molecule has 1 aliphatic carbocycles. The first kappa shape index (κ1) is 11.8. The van der Waals surface area contributed by atoms with Gasteiger partial charge in [-0.1, -0.05) is 44.4 Å². The summed E-state index contributed by atoms with van der Waals surface area (Å²) >= 11 is 0. The van der Waals surface area contributed by atoms with Crippen molar-refractivity contribution in [2.24, 2.45) is 0 Å². The Morgan fingerprint density at radius 2 is 1.89 bits per heavy atom. The Kier molecular flexibility index (Phi) is 2.90. The molecule has 1 heterocycles. The molecule has 0 spiro atoms. The zero-order valence-electron chi connectivity index (χ0n) is 11.0. The lowest BCUT2D eigenvalue weighted by molar-refractivity contribution is -0.00471. The van der Waals surface area contributed by atoms with Crippen molar-refractivity contribution in [3.8, 4) is 0 Å². The van der Waals surface area contributed by atoms with Gasteiger partial charge in [-0.3, -0.25) is 0 Å². The van der Waals surface area contributed by atoms with E-state index >= 15 is 0 Å². The number of nitrogens with one attached hydrogen (secondary N) is 1. The summed E-state index contributed by atoms with van der Waals surface area (Å²) in [5, 5.41) is 12.2. The monoisotopic (exact) mass is 243 g/mol. The second kappa shape index (κ2) is 4.43. The number of para-hydroxylation sites is 1. The average molecular weight is 243 g/mol. The van der Waals surface area contributed by atoms with E-state index in [-0.39, 0.29) is 0 Å². The topological polar surface area (TPSA) is 36.0 Å². The molecule has 2 heteroatoms. The molecule has 0 saturated heterocycles. The van der Waals surface area contributed by atoms with Gasteiger partial charge in [-0.15, -0.1) is 0 Å². The van der Waals surface area contributed by atoms with Gasteiger partial charge in [0.05, 0.1) is 5.69 Å². The van der Waals surface area contributed by atoms with Crippen molar-refractivity contribution in [1.29, 1.82) is 0 Å². The average Bonchev–Trinajstić information content (AvgIpc) is 2.79. The van der Waals surface area contributed by atoms with Gasteiger partial charge in [0.25, 0.3) is 0 Å². The quantitative estimate of drug-likeness (QED) is 0.825. The van der Waals surface area contributed by atoms with E-state index in [9.17, 15) is 5.11 Å². The number of H-pyrrole nitrogens is 1. The predicted octanol–water partition coefficient (Wildman–Crippen LogP) is 3.88. The molecule has 1 fully saturated rings. The lowest BCUT2D eigenvalue weighted by Crippen LogP contribution is -2.29. The Balaban J connectivity index is 2.15. The van der Waals surface area contributed by atoms with Crippen LogP contribution in [0.5, 0.6) is 0 Å². The van der Waals surface area contributed by atoms with E-state index in [0.717, 1.165) is 43.3 Å². The van der Waals surface area contributed by atoms with Crippen LogP contribution < -0.4 is 0 Å². The van der Waals surface area contributed by atoms with Crippen LogP contribution in [0.3, 0.4) is 0 Å². The maximum atomic E-state index is 10.9. The fraction of sp³-hybridized carbons (Fsp3) is 0.500. The van der Waals surface area contributed by atoms with Gasteiger partial charge >= 0.3 is 0 Å². The van der Waals surface area contributed by atoms with E-state index in [2.05, 4.69) is 30.1 Å². The van der Waals surface area contributed by atoms with Crippen molar-refractivity contribution in [1.82, 2.24) is 4.98 Å². The molecule has 0 unspecified atom stereocenters. The van der Waals surface area contributed by atoms with Gasteiger partial charge in [0.15, 0.2) is 0 Å². The van der Waals surface area contributed by atoms with Crippen LogP contribution in [0.15, 0.2) is 24.3 Å². The standard InChI is InChI=1S/C16H21NO/c1-2-12-13-8-4-5-9-14(13)17-15(12)16(18)10-6-3-7-11-16/h4-5,8-9,17-18H,2-3,6-7,10-11H2,1H3. The van der Waals surface area contributed by atoms with E-state index in [4.69, 9.17) is 0 Å². The molecule has 1 saturated carbocycles. The highest BCUT2D eigenvalue weighted by Crippen LogP contribution is 2.40. The molecule has 0 amide bonds. The van der Waals surface area contributed by atoms with Gasteiger partial charge in [-0.2, -0.15) is 0 Å². The highest BCUT2D eigenvalue weighted by atomic mass is 16.3. The molecule has 0 atom stereocenters. The summed E-state index contributed by atoms with van der Waals surface area (Å²) in [5.74, 6) is 0. The van der Waals surface area contributed by atoms with Crippen LogP contribution in [-0.2, 0) is 12.0 Å². The number of fused-ring (bicyclic) bond motifs is 1. The van der Waals surface area contributed by atoms with E-state index in [1.54, 1.807) is 0 Å². The normalized spacial score (nSPS) is 19.2. The molecule has 3 rings (SSSR count). The number of aromatic nitrogens is 1. The first-order valence-electron chi connectivity index (χ1n) is 7.07. The minimum atomic E-state index is -0.622. The molecule has 0 aliphatic heterocycles. The Bertz CT molecular complexity index is 549. The van der Waals surface area contributed by atoms with Crippen LogP contribution in [-0.4, -0.2) is 10.1 Å². The van der Waals surface area contributed by atoms with Gasteiger partial charge in [-0.25, -0.2) is 0 Å². The minimum absolute atomic E-state index is 0.622. The van der Waals surface area contributed by atoms with Crippen molar-refractivity contribution in [3.63, 3.8) is 0 Å². The molecule has 18 heavy (non-hydrogen) atoms. The second-order valence-corrected chi connectivity index (χ2v) is 5.47. The Labute approximate surface area is 108 Å². The molecular weight excluding hydrogens is 222 g/mol. The largest absolute Gasteiger partial charge is 0.384 e. The van der Waals surface area contributed by atoms with Crippen LogP contribution >= 0.6 is 0 Å². The lowest BCUT2D eigenvalue weighted by atomic mass is 9.80. The molecule has 1 aromatic heterocycles. The highest BCUT2D eigenvalue weighted by Gasteiger charge is 2.34. The lowest BCUT2D eigenvalue weighted by Gasteiger charge is -2.32. The summed E-state index contributed by atoms with van der Waals surface area (Å²) < 4.78 is 0. The Morgan fingerprint density at radius 3 is 2.61 bits per heavy atom. The number of aromatic amines is 1. The van der Waals surface area contributed by atoms with Gasteiger partial charge in [-0.05, 0) is 30.9 Å². The maximum Gasteiger partial charge on any atom is 0.105 e. The zero-order chi connectivity index (χ0) is 12.6. The van der Waals surface area contributed by atoms with Crippen LogP contribution in [0.1, 0.15) is 50.3 Å². The smallest absolute Gasteiger partial charge is 0.105 e. The third-order valence-electron chi connectivity index (χ3n) is 4.31. The summed E-state index contributed by atoms with van der Waals surface area (Å²) in [6, 6.07) is 8.38. The van der Waals surface area contributed by atoms with Crippen LogP contribution in [0.4, 0.5) is 0 Å². The molecule has 2 nitrogen and oxygen atoms in total. The number of aryl methyl sites for hydroxylation is 1. The summed E-state index contributed by atoms with van der Waals surface area (Å²) in [7, 11) is 0. The van der Waals surface area contributed by atoms with Crippen molar-refractivity contribution in [2.45, 2.75) is 51.0 Å². The molecule has 96 valence electrons. The number of hydrogen-bond donors (Lipinski definition) is 2. The van der Waals surface area contributed by atoms with Gasteiger partial charge in [0, 0.05) is 10.9 Å². The summed E-state index contributed by atoms with van der Waals surface area (Å²) in [5.41, 5.74) is 2.91. The van der Waals surface area contributed by atoms with Gasteiger partial charge < -0.3 is 10.1 Å².